The van der Waals surface area contributed by atoms with Gasteiger partial charge in [0.05, 0.1) is 23.2 Å². The third kappa shape index (κ3) is 4.30. The standard InChI is InChI=1S/C25H27N5O2S/c1-16-5-4-6-20(15-16)30-23-22(17(2)28-30)33-25(27-23)29-13-11-19(12-14-29)26-24(31)18-7-9-21(32-3)10-8-18/h4-10,15,19H,11-14H2,1-3H3,(H,26,31). The smallest absolute Gasteiger partial charge is 0.251 e. The number of hydrogen-bond donors (Lipinski definition) is 1. The van der Waals surface area contributed by atoms with Crippen molar-refractivity contribution in [3.63, 3.8) is 0 Å². The van der Waals surface area contributed by atoms with Crippen LogP contribution >= 0.6 is 11.3 Å². The Bertz CT molecular complexity index is 1290. The minimum absolute atomic E-state index is 0.0371. The average Bonchev–Trinajstić information content (AvgIpc) is 3.40. The van der Waals surface area contributed by atoms with Gasteiger partial charge in [0.1, 0.15) is 5.75 Å². The molecule has 0 saturated carbocycles. The van der Waals surface area contributed by atoms with Crippen LogP contribution in [0.2, 0.25) is 0 Å². The van der Waals surface area contributed by atoms with Crippen molar-refractivity contribution in [2.45, 2.75) is 32.7 Å². The fraction of sp³-hybridized carbons (Fsp3) is 0.320. The molecule has 1 aliphatic rings. The molecule has 8 heteroatoms. The molecule has 0 atom stereocenters. The molecule has 0 spiro atoms. The Morgan fingerprint density at radius 3 is 2.58 bits per heavy atom. The molecule has 1 N–H and O–H groups in total. The van der Waals surface area contributed by atoms with E-state index in [4.69, 9.17) is 14.8 Å². The van der Waals surface area contributed by atoms with Crippen LogP contribution in [0.1, 0.15) is 34.5 Å². The molecule has 3 heterocycles. The van der Waals surface area contributed by atoms with Gasteiger partial charge in [0.2, 0.25) is 0 Å². The van der Waals surface area contributed by atoms with E-state index in [0.717, 1.165) is 58.5 Å². The number of nitrogens with one attached hydrogen (secondary N) is 1. The summed E-state index contributed by atoms with van der Waals surface area (Å²) in [5, 5.41) is 8.92. The first-order valence-corrected chi connectivity index (χ1v) is 12.0. The highest BCUT2D eigenvalue weighted by Gasteiger charge is 2.25. The van der Waals surface area contributed by atoms with E-state index in [1.807, 2.05) is 29.8 Å². The summed E-state index contributed by atoms with van der Waals surface area (Å²) in [7, 11) is 1.62. The molecule has 2 aromatic heterocycles. The number of aromatic nitrogens is 3. The Balaban J connectivity index is 1.26. The summed E-state index contributed by atoms with van der Waals surface area (Å²) >= 11 is 1.70. The lowest BCUT2D eigenvalue weighted by Crippen LogP contribution is -2.44. The van der Waals surface area contributed by atoms with Crippen molar-refractivity contribution >= 4 is 32.7 Å². The highest BCUT2D eigenvalue weighted by atomic mass is 32.1. The van der Waals surface area contributed by atoms with E-state index in [9.17, 15) is 4.79 Å². The second-order valence-corrected chi connectivity index (χ2v) is 9.43. The zero-order valence-corrected chi connectivity index (χ0v) is 19.9. The van der Waals surface area contributed by atoms with Gasteiger partial charge in [-0.05, 0) is 68.7 Å². The molecule has 0 radical (unpaired) electrons. The molecular weight excluding hydrogens is 434 g/mol. The molecule has 5 rings (SSSR count). The predicted octanol–water partition coefficient (Wildman–Crippen LogP) is 4.51. The van der Waals surface area contributed by atoms with Crippen molar-refractivity contribution in [3.8, 4) is 11.4 Å². The Hall–Kier alpha value is -3.39. The number of hydrogen-bond acceptors (Lipinski definition) is 6. The zero-order valence-electron chi connectivity index (χ0n) is 19.0. The Morgan fingerprint density at radius 1 is 1.12 bits per heavy atom. The molecule has 1 amide bonds. The van der Waals surface area contributed by atoms with Gasteiger partial charge < -0.3 is 15.0 Å². The molecule has 170 valence electrons. The summed E-state index contributed by atoms with van der Waals surface area (Å²) in [4.78, 5) is 19.9. The van der Waals surface area contributed by atoms with Gasteiger partial charge in [0.15, 0.2) is 10.8 Å². The van der Waals surface area contributed by atoms with Gasteiger partial charge in [-0.25, -0.2) is 4.68 Å². The van der Waals surface area contributed by atoms with Crippen LogP contribution in [0.4, 0.5) is 5.13 Å². The molecule has 7 nitrogen and oxygen atoms in total. The minimum atomic E-state index is -0.0371. The number of carbonyl (C=O) groups excluding carboxylic acids is 1. The number of benzene rings is 2. The normalized spacial score (nSPS) is 14.6. The van der Waals surface area contributed by atoms with Crippen LogP contribution in [-0.4, -0.2) is 46.9 Å². The number of nitrogens with zero attached hydrogens (tertiary/aromatic N) is 4. The minimum Gasteiger partial charge on any atom is -0.497 e. The fourth-order valence-corrected chi connectivity index (χ4v) is 5.26. The lowest BCUT2D eigenvalue weighted by molar-refractivity contribution is 0.0931. The highest BCUT2D eigenvalue weighted by Crippen LogP contribution is 2.33. The van der Waals surface area contributed by atoms with E-state index in [1.165, 1.54) is 5.56 Å². The van der Waals surface area contributed by atoms with Gasteiger partial charge in [0, 0.05) is 24.7 Å². The largest absolute Gasteiger partial charge is 0.497 e. The second-order valence-electron chi connectivity index (χ2n) is 8.45. The first-order chi connectivity index (χ1) is 16.0. The number of piperidine rings is 1. The number of thiazole rings is 1. The van der Waals surface area contributed by atoms with Crippen LogP contribution in [-0.2, 0) is 0 Å². The van der Waals surface area contributed by atoms with E-state index in [1.54, 1.807) is 30.6 Å². The summed E-state index contributed by atoms with van der Waals surface area (Å²) in [6.07, 6.45) is 1.78. The van der Waals surface area contributed by atoms with E-state index < -0.39 is 0 Å². The highest BCUT2D eigenvalue weighted by molar-refractivity contribution is 7.22. The number of fused-ring (bicyclic) bond motifs is 1. The van der Waals surface area contributed by atoms with Crippen LogP contribution < -0.4 is 15.0 Å². The number of methoxy groups -OCH3 is 1. The summed E-state index contributed by atoms with van der Waals surface area (Å²) in [5.41, 5.74) is 4.79. The van der Waals surface area contributed by atoms with Crippen molar-refractivity contribution in [2.24, 2.45) is 0 Å². The summed E-state index contributed by atoms with van der Waals surface area (Å²) < 4.78 is 8.24. The first kappa shape index (κ1) is 21.5. The molecule has 0 aliphatic carbocycles. The maximum atomic E-state index is 12.6. The molecular formula is C25H27N5O2S. The van der Waals surface area contributed by atoms with Crippen LogP contribution in [0.3, 0.4) is 0 Å². The van der Waals surface area contributed by atoms with E-state index in [-0.39, 0.29) is 11.9 Å². The number of aryl methyl sites for hydroxylation is 2. The maximum absolute atomic E-state index is 12.6. The third-order valence-electron chi connectivity index (χ3n) is 6.08. The van der Waals surface area contributed by atoms with E-state index in [0.29, 0.717) is 5.56 Å². The number of amides is 1. The average molecular weight is 462 g/mol. The van der Waals surface area contributed by atoms with Gasteiger partial charge in [-0.3, -0.25) is 4.79 Å². The third-order valence-corrected chi connectivity index (χ3v) is 7.29. The summed E-state index contributed by atoms with van der Waals surface area (Å²) in [6.45, 7) is 5.85. The molecule has 1 fully saturated rings. The van der Waals surface area contributed by atoms with Crippen molar-refractivity contribution in [2.75, 3.05) is 25.1 Å². The first-order valence-electron chi connectivity index (χ1n) is 11.1. The lowest BCUT2D eigenvalue weighted by atomic mass is 10.0. The number of carbonyl (C=O) groups is 1. The van der Waals surface area contributed by atoms with Crippen LogP contribution in [0, 0.1) is 13.8 Å². The van der Waals surface area contributed by atoms with Gasteiger partial charge in [-0.1, -0.05) is 23.5 Å². The van der Waals surface area contributed by atoms with Gasteiger partial charge in [-0.15, -0.1) is 0 Å². The number of rotatable bonds is 5. The molecule has 4 aromatic rings. The number of ether oxygens (including phenoxy) is 1. The summed E-state index contributed by atoms with van der Waals surface area (Å²) in [5.74, 6) is 0.710. The molecule has 0 bridgehead atoms. The van der Waals surface area contributed by atoms with Gasteiger partial charge in [0.25, 0.3) is 5.91 Å². The quantitative estimate of drug-likeness (QED) is 0.474. The molecule has 33 heavy (non-hydrogen) atoms. The molecule has 0 unspecified atom stereocenters. The summed E-state index contributed by atoms with van der Waals surface area (Å²) in [6, 6.07) is 15.7. The maximum Gasteiger partial charge on any atom is 0.251 e. The SMILES string of the molecule is COc1ccc(C(=O)NC2CCN(c3nc4c(s3)c(C)nn4-c3cccc(C)c3)CC2)cc1. The van der Waals surface area contributed by atoms with Gasteiger partial charge >= 0.3 is 0 Å². The fourth-order valence-electron chi connectivity index (χ4n) is 4.22. The van der Waals surface area contributed by atoms with Gasteiger partial charge in [-0.2, -0.15) is 10.1 Å². The Kier molecular flexibility index (Phi) is 5.76. The number of anilines is 1. The van der Waals surface area contributed by atoms with Crippen molar-refractivity contribution < 1.29 is 9.53 Å². The van der Waals surface area contributed by atoms with Crippen LogP contribution in [0.25, 0.3) is 16.0 Å². The molecule has 1 aliphatic heterocycles. The molecule has 2 aromatic carbocycles. The predicted molar refractivity (Wildman–Crippen MR) is 132 cm³/mol. The monoisotopic (exact) mass is 461 g/mol. The Morgan fingerprint density at radius 2 is 1.88 bits per heavy atom. The van der Waals surface area contributed by atoms with Crippen molar-refractivity contribution in [1.29, 1.82) is 0 Å². The van der Waals surface area contributed by atoms with Crippen LogP contribution in [0.5, 0.6) is 5.75 Å². The zero-order chi connectivity index (χ0) is 22.9. The van der Waals surface area contributed by atoms with Crippen molar-refractivity contribution in [1.82, 2.24) is 20.1 Å². The second kappa shape index (κ2) is 8.86. The lowest BCUT2D eigenvalue weighted by Gasteiger charge is -2.32. The Labute approximate surface area is 197 Å². The van der Waals surface area contributed by atoms with E-state index in [2.05, 4.69) is 35.3 Å². The van der Waals surface area contributed by atoms with Crippen LogP contribution in [0.15, 0.2) is 48.5 Å². The van der Waals surface area contributed by atoms with Crippen molar-refractivity contribution in [3.05, 3.63) is 65.4 Å². The molecule has 1 saturated heterocycles. The van der Waals surface area contributed by atoms with E-state index >= 15 is 0 Å². The topological polar surface area (TPSA) is 72.3 Å².